The minimum atomic E-state index is -0.893. The minimum Gasteiger partial charge on any atom is -0.442 e. The number of hydroxylamine groups is 2. The Balaban J connectivity index is 4.90. The van der Waals surface area contributed by atoms with E-state index in [2.05, 4.69) is 0 Å². The van der Waals surface area contributed by atoms with Crippen LogP contribution in [0.4, 0.5) is 9.59 Å². The summed E-state index contributed by atoms with van der Waals surface area (Å²) in [6.45, 7) is 13.6. The third-order valence-corrected chi connectivity index (χ3v) is 1.43. The van der Waals surface area contributed by atoms with Gasteiger partial charge < -0.3 is 9.47 Å². The van der Waals surface area contributed by atoms with Crippen LogP contribution in [0.1, 0.15) is 55.4 Å². The van der Waals surface area contributed by atoms with Gasteiger partial charge in [0.05, 0.1) is 6.10 Å². The van der Waals surface area contributed by atoms with Crippen molar-refractivity contribution in [1.29, 1.82) is 0 Å². The molecule has 0 rings (SSSR count). The van der Waals surface area contributed by atoms with Crippen molar-refractivity contribution in [3.8, 4) is 0 Å². The number of hydrogen-bond acceptors (Lipinski definition) is 5. The Hall–Kier alpha value is -1.30. The van der Waals surface area contributed by atoms with Crippen molar-refractivity contribution in [2.75, 3.05) is 0 Å². The standard InChI is InChI=1S/C13H25NO5/c1-9(2)19-14(10(15)17-12(3,4)5)11(16)18-13(6,7)8/h9H,1-8H3. The molecule has 0 aromatic carbocycles. The summed E-state index contributed by atoms with van der Waals surface area (Å²) in [4.78, 5) is 28.9. The van der Waals surface area contributed by atoms with Crippen LogP contribution in [0.3, 0.4) is 0 Å². The van der Waals surface area contributed by atoms with Crippen molar-refractivity contribution in [2.24, 2.45) is 0 Å². The largest absolute Gasteiger partial charge is 0.444 e. The Bertz CT molecular complexity index is 297. The van der Waals surface area contributed by atoms with Crippen LogP contribution in [-0.2, 0) is 14.3 Å². The number of ether oxygens (including phenoxy) is 2. The van der Waals surface area contributed by atoms with Crippen molar-refractivity contribution in [1.82, 2.24) is 5.06 Å². The maximum atomic E-state index is 11.9. The molecule has 0 N–H and O–H groups in total. The molecule has 0 radical (unpaired) electrons. The van der Waals surface area contributed by atoms with Gasteiger partial charge in [-0.2, -0.15) is 0 Å². The van der Waals surface area contributed by atoms with Gasteiger partial charge >= 0.3 is 12.2 Å². The molecule has 6 heteroatoms. The first-order chi connectivity index (χ1) is 8.32. The van der Waals surface area contributed by atoms with Gasteiger partial charge in [-0.1, -0.05) is 5.06 Å². The second kappa shape index (κ2) is 6.23. The average molecular weight is 275 g/mol. The summed E-state index contributed by atoms with van der Waals surface area (Å²) in [5.41, 5.74) is -1.45. The Labute approximate surface area is 114 Å². The van der Waals surface area contributed by atoms with Crippen LogP contribution in [0.5, 0.6) is 0 Å². The Morgan fingerprint density at radius 2 is 1.16 bits per heavy atom. The lowest BCUT2D eigenvalue weighted by molar-refractivity contribution is -0.160. The quantitative estimate of drug-likeness (QED) is 0.722. The van der Waals surface area contributed by atoms with E-state index in [1.165, 1.54) is 0 Å². The normalized spacial score (nSPS) is 12.3. The summed E-state index contributed by atoms with van der Waals surface area (Å²) in [7, 11) is 0. The van der Waals surface area contributed by atoms with Gasteiger partial charge in [-0.25, -0.2) is 9.59 Å². The molecular formula is C13H25NO5. The summed E-state index contributed by atoms with van der Waals surface area (Å²) < 4.78 is 10.2. The maximum absolute atomic E-state index is 11.9. The first-order valence-electron chi connectivity index (χ1n) is 6.24. The highest BCUT2D eigenvalue weighted by atomic mass is 16.8. The van der Waals surface area contributed by atoms with E-state index < -0.39 is 23.4 Å². The van der Waals surface area contributed by atoms with Crippen LogP contribution in [0.25, 0.3) is 0 Å². The van der Waals surface area contributed by atoms with E-state index in [0.717, 1.165) is 0 Å². The zero-order valence-corrected chi connectivity index (χ0v) is 13.1. The van der Waals surface area contributed by atoms with Crippen molar-refractivity contribution in [3.05, 3.63) is 0 Å². The van der Waals surface area contributed by atoms with Crippen LogP contribution in [0.2, 0.25) is 0 Å². The zero-order chi connectivity index (χ0) is 15.4. The molecule has 112 valence electrons. The van der Waals surface area contributed by atoms with Crippen LogP contribution in [0.15, 0.2) is 0 Å². The van der Waals surface area contributed by atoms with Gasteiger partial charge in [0.2, 0.25) is 0 Å². The van der Waals surface area contributed by atoms with Crippen LogP contribution < -0.4 is 0 Å². The van der Waals surface area contributed by atoms with Crippen molar-refractivity contribution >= 4 is 12.2 Å². The molecule has 0 bridgehead atoms. The number of rotatable bonds is 2. The van der Waals surface area contributed by atoms with E-state index in [4.69, 9.17) is 14.3 Å². The highest BCUT2D eigenvalue weighted by Gasteiger charge is 2.33. The molecule has 0 atom stereocenters. The number of imide groups is 1. The predicted octanol–water partition coefficient (Wildman–Crippen LogP) is 3.50. The molecule has 0 saturated carbocycles. The summed E-state index contributed by atoms with van der Waals surface area (Å²) in [6.07, 6.45) is -2.15. The first-order valence-corrected chi connectivity index (χ1v) is 6.24. The zero-order valence-electron chi connectivity index (χ0n) is 13.1. The fourth-order valence-electron chi connectivity index (χ4n) is 0.978. The van der Waals surface area contributed by atoms with Gasteiger partial charge in [-0.05, 0) is 55.4 Å². The lowest BCUT2D eigenvalue weighted by Crippen LogP contribution is -2.44. The maximum Gasteiger partial charge on any atom is 0.444 e. The van der Waals surface area contributed by atoms with E-state index in [-0.39, 0.29) is 6.10 Å². The van der Waals surface area contributed by atoms with Gasteiger partial charge in [0, 0.05) is 0 Å². The van der Waals surface area contributed by atoms with Crippen molar-refractivity contribution in [3.63, 3.8) is 0 Å². The highest BCUT2D eigenvalue weighted by molar-refractivity contribution is 5.86. The van der Waals surface area contributed by atoms with Crippen LogP contribution >= 0.6 is 0 Å². The fourth-order valence-corrected chi connectivity index (χ4v) is 0.978. The smallest absolute Gasteiger partial charge is 0.442 e. The molecule has 0 fully saturated rings. The molecule has 0 aromatic heterocycles. The number of amides is 2. The minimum absolute atomic E-state index is 0.361. The Morgan fingerprint density at radius 1 is 0.842 bits per heavy atom. The van der Waals surface area contributed by atoms with E-state index >= 15 is 0 Å². The number of carbonyl (C=O) groups is 2. The molecule has 0 heterocycles. The molecule has 0 aliphatic carbocycles. The third-order valence-electron chi connectivity index (χ3n) is 1.43. The monoisotopic (exact) mass is 275 g/mol. The van der Waals surface area contributed by atoms with Gasteiger partial charge in [-0.3, -0.25) is 4.84 Å². The van der Waals surface area contributed by atoms with E-state index in [0.29, 0.717) is 5.06 Å². The molecule has 0 saturated heterocycles. The summed E-state index contributed by atoms with van der Waals surface area (Å²) in [5, 5.41) is 0.515. The summed E-state index contributed by atoms with van der Waals surface area (Å²) in [6, 6.07) is 0. The predicted molar refractivity (Wildman–Crippen MR) is 70.5 cm³/mol. The van der Waals surface area contributed by atoms with Crippen molar-refractivity contribution < 1.29 is 23.9 Å². The highest BCUT2D eigenvalue weighted by Crippen LogP contribution is 2.15. The molecule has 2 amide bonds. The fraction of sp³-hybridized carbons (Fsp3) is 0.846. The molecule has 0 unspecified atom stereocenters. The average Bonchev–Trinajstić information content (AvgIpc) is 2.07. The van der Waals surface area contributed by atoms with Gasteiger partial charge in [0.1, 0.15) is 11.2 Å². The molecule has 0 aliphatic heterocycles. The van der Waals surface area contributed by atoms with E-state index in [1.54, 1.807) is 55.4 Å². The third kappa shape index (κ3) is 8.42. The molecule has 6 nitrogen and oxygen atoms in total. The SMILES string of the molecule is CC(C)ON(C(=O)OC(C)(C)C)C(=O)OC(C)(C)C. The lowest BCUT2D eigenvalue weighted by Gasteiger charge is -2.28. The van der Waals surface area contributed by atoms with Crippen LogP contribution in [0, 0.1) is 0 Å². The topological polar surface area (TPSA) is 65.1 Å². The van der Waals surface area contributed by atoms with Gasteiger partial charge in [0.15, 0.2) is 0 Å². The molecular weight excluding hydrogens is 250 g/mol. The Morgan fingerprint density at radius 3 is 1.37 bits per heavy atom. The van der Waals surface area contributed by atoms with Crippen LogP contribution in [-0.4, -0.2) is 34.6 Å². The second-order valence-corrected chi connectivity index (χ2v) is 6.41. The number of carbonyl (C=O) groups excluding carboxylic acids is 2. The molecule has 0 aliphatic rings. The number of hydrogen-bond donors (Lipinski definition) is 0. The molecule has 0 spiro atoms. The lowest BCUT2D eigenvalue weighted by atomic mass is 10.2. The summed E-state index contributed by atoms with van der Waals surface area (Å²) in [5.74, 6) is 0. The first kappa shape index (κ1) is 17.7. The van der Waals surface area contributed by atoms with Gasteiger partial charge in [0.25, 0.3) is 0 Å². The number of nitrogens with zero attached hydrogens (tertiary/aromatic N) is 1. The summed E-state index contributed by atoms with van der Waals surface area (Å²) >= 11 is 0. The van der Waals surface area contributed by atoms with Crippen molar-refractivity contribution in [2.45, 2.75) is 72.7 Å². The molecule has 0 aromatic rings. The Kier molecular flexibility index (Phi) is 5.81. The molecule has 19 heavy (non-hydrogen) atoms. The van der Waals surface area contributed by atoms with E-state index in [1.807, 2.05) is 0 Å². The van der Waals surface area contributed by atoms with E-state index in [9.17, 15) is 9.59 Å². The second-order valence-electron chi connectivity index (χ2n) is 6.41. The van der Waals surface area contributed by atoms with Gasteiger partial charge in [-0.15, -0.1) is 0 Å².